The Hall–Kier alpha value is -0.820. The maximum absolute atomic E-state index is 5.55. The second kappa shape index (κ2) is 4.14. The Morgan fingerprint density at radius 2 is 2.14 bits per heavy atom. The zero-order valence-corrected chi connectivity index (χ0v) is 9.05. The zero-order chi connectivity index (χ0) is 9.97. The summed E-state index contributed by atoms with van der Waals surface area (Å²) in [6, 6.07) is 6.76. The molecule has 14 heavy (non-hydrogen) atoms. The van der Waals surface area contributed by atoms with Gasteiger partial charge in [0.15, 0.2) is 0 Å². The Balaban J connectivity index is 2.40. The minimum Gasteiger partial charge on any atom is -0.377 e. The van der Waals surface area contributed by atoms with Gasteiger partial charge in [-0.25, -0.2) is 0 Å². The van der Waals surface area contributed by atoms with E-state index in [0.717, 1.165) is 0 Å². The maximum atomic E-state index is 5.55. The summed E-state index contributed by atoms with van der Waals surface area (Å²) < 4.78 is 5.55. The highest BCUT2D eigenvalue weighted by Crippen LogP contribution is 2.31. The van der Waals surface area contributed by atoms with E-state index in [1.165, 1.54) is 42.4 Å². The smallest absolute Gasteiger partial charge is 0.0823 e. The summed E-state index contributed by atoms with van der Waals surface area (Å²) in [4.78, 5) is 0. The molecule has 1 atom stereocenters. The molecule has 0 saturated heterocycles. The summed E-state index contributed by atoms with van der Waals surface area (Å²) in [6.45, 7) is 2.15. The van der Waals surface area contributed by atoms with Crippen LogP contribution in [0.1, 0.15) is 42.1 Å². The number of benzene rings is 1. The van der Waals surface area contributed by atoms with Crippen LogP contribution < -0.4 is 0 Å². The number of ether oxygens (including phenoxy) is 1. The van der Waals surface area contributed by atoms with Crippen LogP contribution in [-0.2, 0) is 11.2 Å². The van der Waals surface area contributed by atoms with Crippen LogP contribution in [0, 0.1) is 6.92 Å². The number of hydrogen-bond donors (Lipinski definition) is 0. The third-order valence-corrected chi connectivity index (χ3v) is 3.10. The van der Waals surface area contributed by atoms with Gasteiger partial charge in [-0.3, -0.25) is 0 Å². The molecule has 1 unspecified atom stereocenters. The number of methoxy groups -OCH3 is 1. The molecule has 0 spiro atoms. The summed E-state index contributed by atoms with van der Waals surface area (Å²) in [5, 5.41) is 0. The third-order valence-electron chi connectivity index (χ3n) is 3.10. The molecule has 1 nitrogen and oxygen atoms in total. The molecule has 0 bridgehead atoms. The lowest BCUT2D eigenvalue weighted by Gasteiger charge is -2.16. The van der Waals surface area contributed by atoms with E-state index in [9.17, 15) is 0 Å². The fraction of sp³-hybridized carbons (Fsp3) is 0.538. The van der Waals surface area contributed by atoms with Gasteiger partial charge in [-0.05, 0) is 37.3 Å². The van der Waals surface area contributed by atoms with Crippen molar-refractivity contribution in [1.29, 1.82) is 0 Å². The van der Waals surface area contributed by atoms with Crippen LogP contribution in [-0.4, -0.2) is 7.11 Å². The van der Waals surface area contributed by atoms with Crippen molar-refractivity contribution >= 4 is 0 Å². The van der Waals surface area contributed by atoms with Gasteiger partial charge in [-0.1, -0.05) is 30.2 Å². The Labute approximate surface area is 86.1 Å². The molecule has 1 aromatic rings. The van der Waals surface area contributed by atoms with Gasteiger partial charge in [-0.15, -0.1) is 0 Å². The molecule has 1 aliphatic rings. The Kier molecular flexibility index (Phi) is 2.87. The predicted molar refractivity (Wildman–Crippen MR) is 58.5 cm³/mol. The molecule has 76 valence electrons. The van der Waals surface area contributed by atoms with E-state index in [0.29, 0.717) is 6.10 Å². The monoisotopic (exact) mass is 190 g/mol. The molecular weight excluding hydrogens is 172 g/mol. The van der Waals surface area contributed by atoms with E-state index < -0.39 is 0 Å². The molecule has 0 amide bonds. The van der Waals surface area contributed by atoms with E-state index in [2.05, 4.69) is 25.1 Å². The van der Waals surface area contributed by atoms with E-state index in [-0.39, 0.29) is 0 Å². The SMILES string of the molecule is COC1CCCCc2ccc(C)cc21. The maximum Gasteiger partial charge on any atom is 0.0823 e. The van der Waals surface area contributed by atoms with Crippen molar-refractivity contribution in [3.63, 3.8) is 0 Å². The van der Waals surface area contributed by atoms with Crippen LogP contribution in [0.15, 0.2) is 18.2 Å². The topological polar surface area (TPSA) is 9.23 Å². The van der Waals surface area contributed by atoms with Gasteiger partial charge in [0.25, 0.3) is 0 Å². The first-order chi connectivity index (χ1) is 6.81. The third kappa shape index (κ3) is 1.83. The number of rotatable bonds is 1. The van der Waals surface area contributed by atoms with Crippen LogP contribution in [0.4, 0.5) is 0 Å². The van der Waals surface area contributed by atoms with E-state index in [1.54, 1.807) is 0 Å². The highest BCUT2D eigenvalue weighted by molar-refractivity contribution is 5.34. The molecule has 0 aromatic heterocycles. The summed E-state index contributed by atoms with van der Waals surface area (Å²) in [7, 11) is 1.82. The highest BCUT2D eigenvalue weighted by Gasteiger charge is 2.17. The van der Waals surface area contributed by atoms with E-state index in [4.69, 9.17) is 4.74 Å². The average molecular weight is 190 g/mol. The summed E-state index contributed by atoms with van der Waals surface area (Å²) in [5.41, 5.74) is 4.25. The molecule has 2 rings (SSSR count). The average Bonchev–Trinajstić information content (AvgIpc) is 2.39. The normalized spacial score (nSPS) is 21.4. The van der Waals surface area contributed by atoms with Crippen LogP contribution in [0.25, 0.3) is 0 Å². The van der Waals surface area contributed by atoms with Gasteiger partial charge in [0, 0.05) is 7.11 Å². The van der Waals surface area contributed by atoms with E-state index >= 15 is 0 Å². The van der Waals surface area contributed by atoms with Crippen LogP contribution in [0.3, 0.4) is 0 Å². The van der Waals surface area contributed by atoms with Crippen molar-refractivity contribution in [3.05, 3.63) is 34.9 Å². The summed E-state index contributed by atoms with van der Waals surface area (Å²) in [6.07, 6.45) is 5.30. The fourth-order valence-electron chi connectivity index (χ4n) is 2.29. The Morgan fingerprint density at radius 3 is 2.93 bits per heavy atom. The van der Waals surface area contributed by atoms with Gasteiger partial charge in [0.2, 0.25) is 0 Å². The molecule has 0 N–H and O–H groups in total. The molecule has 0 saturated carbocycles. The quantitative estimate of drug-likeness (QED) is 0.617. The van der Waals surface area contributed by atoms with E-state index in [1.807, 2.05) is 7.11 Å². The minimum atomic E-state index is 0.326. The predicted octanol–water partition coefficient (Wildman–Crippen LogP) is 3.41. The van der Waals surface area contributed by atoms with Crippen molar-refractivity contribution in [2.45, 2.75) is 38.7 Å². The lowest BCUT2D eigenvalue weighted by Crippen LogP contribution is -2.02. The molecule has 1 heteroatoms. The number of hydrogen-bond acceptors (Lipinski definition) is 1. The lowest BCUT2D eigenvalue weighted by molar-refractivity contribution is 0.0951. The second-order valence-electron chi connectivity index (χ2n) is 4.17. The first-order valence-corrected chi connectivity index (χ1v) is 5.43. The van der Waals surface area contributed by atoms with Gasteiger partial charge in [0.05, 0.1) is 6.10 Å². The van der Waals surface area contributed by atoms with Gasteiger partial charge < -0.3 is 4.74 Å². The fourth-order valence-corrected chi connectivity index (χ4v) is 2.29. The Bertz CT molecular complexity index is 317. The number of aryl methyl sites for hydroxylation is 2. The largest absolute Gasteiger partial charge is 0.377 e. The molecule has 1 aromatic carbocycles. The highest BCUT2D eigenvalue weighted by atomic mass is 16.5. The zero-order valence-electron chi connectivity index (χ0n) is 9.05. The molecular formula is C13H18O. The Morgan fingerprint density at radius 1 is 1.29 bits per heavy atom. The van der Waals surface area contributed by atoms with Crippen molar-refractivity contribution < 1.29 is 4.74 Å². The first-order valence-electron chi connectivity index (χ1n) is 5.43. The van der Waals surface area contributed by atoms with Crippen LogP contribution >= 0.6 is 0 Å². The number of fused-ring (bicyclic) bond motifs is 1. The molecule has 0 radical (unpaired) electrons. The van der Waals surface area contributed by atoms with Crippen LogP contribution in [0.2, 0.25) is 0 Å². The van der Waals surface area contributed by atoms with Crippen molar-refractivity contribution in [3.8, 4) is 0 Å². The van der Waals surface area contributed by atoms with Gasteiger partial charge in [0.1, 0.15) is 0 Å². The van der Waals surface area contributed by atoms with Crippen molar-refractivity contribution in [2.24, 2.45) is 0 Å². The lowest BCUT2D eigenvalue weighted by atomic mass is 9.99. The molecule has 0 aliphatic heterocycles. The van der Waals surface area contributed by atoms with Crippen molar-refractivity contribution in [1.82, 2.24) is 0 Å². The molecule has 0 fully saturated rings. The van der Waals surface area contributed by atoms with Gasteiger partial charge >= 0.3 is 0 Å². The molecule has 1 aliphatic carbocycles. The molecule has 0 heterocycles. The van der Waals surface area contributed by atoms with Gasteiger partial charge in [-0.2, -0.15) is 0 Å². The van der Waals surface area contributed by atoms with Crippen LogP contribution in [0.5, 0.6) is 0 Å². The standard InChI is InChI=1S/C13H18O/c1-10-7-8-11-5-3-4-6-13(14-2)12(11)9-10/h7-9,13H,3-6H2,1-2H3. The van der Waals surface area contributed by atoms with Crippen molar-refractivity contribution in [2.75, 3.05) is 7.11 Å². The summed E-state index contributed by atoms with van der Waals surface area (Å²) >= 11 is 0. The minimum absolute atomic E-state index is 0.326. The second-order valence-corrected chi connectivity index (χ2v) is 4.17. The summed E-state index contributed by atoms with van der Waals surface area (Å²) in [5.74, 6) is 0. The first kappa shape index (κ1) is 9.72.